The lowest BCUT2D eigenvalue weighted by Gasteiger charge is -2.36. The van der Waals surface area contributed by atoms with Gasteiger partial charge in [-0.15, -0.1) is 11.8 Å². The second kappa shape index (κ2) is 8.63. The summed E-state index contributed by atoms with van der Waals surface area (Å²) in [7, 11) is 0. The maximum Gasteiger partial charge on any atom is 0.309 e. The number of rotatable bonds is 6. The van der Waals surface area contributed by atoms with Crippen molar-refractivity contribution in [1.82, 2.24) is 9.80 Å². The van der Waals surface area contributed by atoms with Gasteiger partial charge in [0.15, 0.2) is 0 Å². The molecule has 3 aliphatic rings. The third kappa shape index (κ3) is 4.18. The van der Waals surface area contributed by atoms with Gasteiger partial charge < -0.3 is 14.5 Å². The summed E-state index contributed by atoms with van der Waals surface area (Å²) in [5.41, 5.74) is 0. The number of ether oxygens (including phenoxy) is 1. The molecule has 1 aliphatic carbocycles. The first-order chi connectivity index (χ1) is 12.6. The molecular weight excluding hydrogens is 352 g/mol. The first-order valence-corrected chi connectivity index (χ1v) is 11.0. The molecule has 2 atom stereocenters. The Balaban J connectivity index is 1.61. The first-order valence-electron chi connectivity index (χ1n) is 9.96. The normalized spacial score (nSPS) is 26.8. The van der Waals surface area contributed by atoms with Gasteiger partial charge in [-0.2, -0.15) is 0 Å². The monoisotopic (exact) mass is 382 g/mol. The molecule has 26 heavy (non-hydrogen) atoms. The van der Waals surface area contributed by atoms with Gasteiger partial charge in [0, 0.05) is 24.8 Å². The molecule has 2 heterocycles. The highest BCUT2D eigenvalue weighted by molar-refractivity contribution is 8.00. The lowest BCUT2D eigenvalue weighted by molar-refractivity contribution is -0.152. The zero-order valence-corrected chi connectivity index (χ0v) is 16.6. The van der Waals surface area contributed by atoms with Crippen molar-refractivity contribution < 1.29 is 19.1 Å². The number of hydrogen-bond acceptors (Lipinski definition) is 5. The van der Waals surface area contributed by atoms with Gasteiger partial charge in [0.05, 0.1) is 17.9 Å². The van der Waals surface area contributed by atoms with Crippen LogP contribution in [0.3, 0.4) is 0 Å². The zero-order chi connectivity index (χ0) is 18.7. The molecule has 2 unspecified atom stereocenters. The zero-order valence-electron chi connectivity index (χ0n) is 15.8. The van der Waals surface area contributed by atoms with Gasteiger partial charge >= 0.3 is 5.97 Å². The van der Waals surface area contributed by atoms with Crippen LogP contribution in [0, 0.1) is 11.8 Å². The summed E-state index contributed by atoms with van der Waals surface area (Å²) >= 11 is 1.74. The average Bonchev–Trinajstić information content (AvgIpc) is 3.42. The second-order valence-corrected chi connectivity index (χ2v) is 8.67. The Morgan fingerprint density at radius 2 is 1.69 bits per heavy atom. The van der Waals surface area contributed by atoms with Crippen LogP contribution in [0.25, 0.3) is 0 Å². The van der Waals surface area contributed by atoms with Crippen molar-refractivity contribution in [3.8, 4) is 0 Å². The van der Waals surface area contributed by atoms with E-state index in [-0.39, 0.29) is 41.0 Å². The molecule has 0 bridgehead atoms. The van der Waals surface area contributed by atoms with E-state index in [1.807, 2.05) is 16.7 Å². The summed E-state index contributed by atoms with van der Waals surface area (Å²) in [6.45, 7) is 5.48. The molecule has 0 aromatic rings. The number of nitrogens with zero attached hydrogens (tertiary/aromatic N) is 2. The Morgan fingerprint density at radius 3 is 2.27 bits per heavy atom. The number of hydrogen-bond donors (Lipinski definition) is 0. The highest BCUT2D eigenvalue weighted by Crippen LogP contribution is 2.39. The average molecular weight is 383 g/mol. The molecule has 7 heteroatoms. The summed E-state index contributed by atoms with van der Waals surface area (Å²) in [5, 5.41) is 0.138. The Hall–Kier alpha value is -1.24. The summed E-state index contributed by atoms with van der Waals surface area (Å²) in [5.74, 6) is 0.817. The Kier molecular flexibility index (Phi) is 6.48. The lowest BCUT2D eigenvalue weighted by Crippen LogP contribution is -2.53. The van der Waals surface area contributed by atoms with Gasteiger partial charge in [-0.05, 0) is 39.0 Å². The van der Waals surface area contributed by atoms with Crippen LogP contribution < -0.4 is 0 Å². The van der Waals surface area contributed by atoms with E-state index in [4.69, 9.17) is 4.74 Å². The van der Waals surface area contributed by atoms with Gasteiger partial charge in [0.1, 0.15) is 6.04 Å². The van der Waals surface area contributed by atoms with Gasteiger partial charge in [-0.1, -0.05) is 13.3 Å². The van der Waals surface area contributed by atoms with Crippen molar-refractivity contribution >= 4 is 29.5 Å². The van der Waals surface area contributed by atoms with E-state index >= 15 is 0 Å². The van der Waals surface area contributed by atoms with E-state index in [9.17, 15) is 14.4 Å². The van der Waals surface area contributed by atoms with E-state index in [1.54, 1.807) is 11.8 Å². The maximum absolute atomic E-state index is 13.1. The lowest BCUT2D eigenvalue weighted by atomic mass is 9.96. The number of carbonyl (C=O) groups is 3. The number of carbonyl (C=O) groups excluding carboxylic acids is 3. The minimum absolute atomic E-state index is 0.0624. The maximum atomic E-state index is 13.1. The second-order valence-electron chi connectivity index (χ2n) is 7.46. The van der Waals surface area contributed by atoms with Crippen molar-refractivity contribution in [1.29, 1.82) is 0 Å². The topological polar surface area (TPSA) is 66.9 Å². The van der Waals surface area contributed by atoms with Crippen LogP contribution in [0.15, 0.2) is 0 Å². The van der Waals surface area contributed by atoms with Crippen LogP contribution in [0.2, 0.25) is 0 Å². The molecule has 0 radical (unpaired) electrons. The quantitative estimate of drug-likeness (QED) is 0.659. The van der Waals surface area contributed by atoms with Crippen LogP contribution in [0.1, 0.15) is 52.4 Å². The number of piperidine rings is 1. The van der Waals surface area contributed by atoms with Crippen molar-refractivity contribution in [3.63, 3.8) is 0 Å². The largest absolute Gasteiger partial charge is 0.466 e. The van der Waals surface area contributed by atoms with E-state index in [0.717, 1.165) is 25.7 Å². The SMILES string of the molecule is CCCC1SCC(C(=O)N2CCC(C(=O)OCC)CC2)N1C(=O)C1CC1. The summed E-state index contributed by atoms with van der Waals surface area (Å²) in [6.07, 6.45) is 5.18. The van der Waals surface area contributed by atoms with E-state index < -0.39 is 0 Å². The molecule has 1 saturated carbocycles. The molecule has 0 aromatic carbocycles. The smallest absolute Gasteiger partial charge is 0.309 e. The van der Waals surface area contributed by atoms with Crippen molar-refractivity contribution in [2.75, 3.05) is 25.4 Å². The van der Waals surface area contributed by atoms with Crippen LogP contribution in [-0.4, -0.2) is 64.4 Å². The van der Waals surface area contributed by atoms with Gasteiger partial charge in [0.25, 0.3) is 0 Å². The minimum Gasteiger partial charge on any atom is -0.466 e. The third-order valence-electron chi connectivity index (χ3n) is 5.52. The molecule has 3 rings (SSSR count). The predicted molar refractivity (Wildman–Crippen MR) is 100 cm³/mol. The Labute approximate surface area is 160 Å². The molecule has 0 spiro atoms. The van der Waals surface area contributed by atoms with Crippen LogP contribution >= 0.6 is 11.8 Å². The van der Waals surface area contributed by atoms with Crippen molar-refractivity contribution in [2.24, 2.45) is 11.8 Å². The number of likely N-dealkylation sites (tertiary alicyclic amines) is 1. The fourth-order valence-electron chi connectivity index (χ4n) is 3.87. The standard InChI is InChI=1S/C19H30N2O4S/c1-3-5-16-21(17(22)13-6-7-13)15(12-26-16)18(23)20-10-8-14(9-11-20)19(24)25-4-2/h13-16H,3-12H2,1-2H3. The molecule has 2 saturated heterocycles. The number of esters is 1. The summed E-state index contributed by atoms with van der Waals surface area (Å²) in [6, 6.07) is -0.330. The fourth-order valence-corrected chi connectivity index (χ4v) is 5.39. The van der Waals surface area contributed by atoms with Gasteiger partial charge in [-0.25, -0.2) is 0 Å². The van der Waals surface area contributed by atoms with E-state index in [2.05, 4.69) is 6.92 Å². The van der Waals surface area contributed by atoms with Crippen molar-refractivity contribution in [2.45, 2.75) is 63.8 Å². The van der Waals surface area contributed by atoms with Crippen LogP contribution in [-0.2, 0) is 19.1 Å². The molecule has 3 fully saturated rings. The number of amides is 2. The molecule has 0 N–H and O–H groups in total. The van der Waals surface area contributed by atoms with Crippen molar-refractivity contribution in [3.05, 3.63) is 0 Å². The number of thioether (sulfide) groups is 1. The highest BCUT2D eigenvalue weighted by Gasteiger charge is 2.47. The molecule has 6 nitrogen and oxygen atoms in total. The van der Waals surface area contributed by atoms with Gasteiger partial charge in [0.2, 0.25) is 11.8 Å². The van der Waals surface area contributed by atoms with Gasteiger partial charge in [-0.3, -0.25) is 14.4 Å². The third-order valence-corrected chi connectivity index (χ3v) is 6.88. The van der Waals surface area contributed by atoms with Crippen LogP contribution in [0.5, 0.6) is 0 Å². The highest BCUT2D eigenvalue weighted by atomic mass is 32.2. The molecule has 2 amide bonds. The Bertz CT molecular complexity index is 544. The molecule has 2 aliphatic heterocycles. The first kappa shape index (κ1) is 19.5. The fraction of sp³-hybridized carbons (Fsp3) is 0.842. The van der Waals surface area contributed by atoms with E-state index in [0.29, 0.717) is 38.3 Å². The molecular formula is C19H30N2O4S. The molecule has 146 valence electrons. The predicted octanol–water partition coefficient (Wildman–Crippen LogP) is 2.27. The minimum atomic E-state index is -0.330. The molecule has 0 aromatic heterocycles. The summed E-state index contributed by atoms with van der Waals surface area (Å²) in [4.78, 5) is 41.5. The Morgan fingerprint density at radius 1 is 1.00 bits per heavy atom. The van der Waals surface area contributed by atoms with Crippen LogP contribution in [0.4, 0.5) is 0 Å². The van der Waals surface area contributed by atoms with E-state index in [1.165, 1.54) is 0 Å². The summed E-state index contributed by atoms with van der Waals surface area (Å²) < 4.78 is 5.10.